The number of amides is 1. The van der Waals surface area contributed by atoms with Crippen molar-refractivity contribution in [2.24, 2.45) is 5.73 Å². The summed E-state index contributed by atoms with van der Waals surface area (Å²) >= 11 is 6.04. The van der Waals surface area contributed by atoms with E-state index in [1.165, 1.54) is 0 Å². The fourth-order valence-electron chi connectivity index (χ4n) is 3.30. The minimum absolute atomic E-state index is 0.0498. The van der Waals surface area contributed by atoms with Crippen molar-refractivity contribution < 1.29 is 4.79 Å². The molecule has 3 N–H and O–H groups in total. The van der Waals surface area contributed by atoms with Crippen molar-refractivity contribution >= 4 is 83.3 Å². The fourth-order valence-corrected chi connectivity index (χ4v) is 3.47. The van der Waals surface area contributed by atoms with Crippen LogP contribution in [0.2, 0.25) is 15.5 Å². The van der Waals surface area contributed by atoms with E-state index in [4.69, 9.17) is 72.3 Å². The van der Waals surface area contributed by atoms with Crippen LogP contribution >= 0.6 is 11.6 Å². The number of fused-ring (bicyclic) bond motifs is 3. The van der Waals surface area contributed by atoms with Crippen LogP contribution in [0.4, 0.5) is 0 Å². The maximum absolute atomic E-state index is 12.2. The van der Waals surface area contributed by atoms with Crippen LogP contribution in [-0.4, -0.2) is 65.8 Å². The SMILES string of the molecule is [B]C1([B])c2c([nH]c3ccc(Cl)cc23)C([B])(C(N)=O)C([B])([B])C1([B])[B]. The molecule has 0 spiro atoms. The number of nitrogens with one attached hydrogen (secondary N) is 1. The van der Waals surface area contributed by atoms with E-state index in [1.54, 1.807) is 18.2 Å². The number of hydrogen-bond acceptors (Lipinski definition) is 1. The molecule has 1 aliphatic rings. The van der Waals surface area contributed by atoms with E-state index < -0.39 is 26.9 Å². The molecule has 3 rings (SSSR count). The second-order valence-electron chi connectivity index (χ2n) is 6.34. The number of carbonyl (C=O) groups excluding carboxylic acids is 1. The Morgan fingerprint density at radius 2 is 1.62 bits per heavy atom. The largest absolute Gasteiger partial charge is 0.370 e. The van der Waals surface area contributed by atoms with Crippen molar-refractivity contribution in [1.29, 1.82) is 0 Å². The van der Waals surface area contributed by atoms with E-state index in [2.05, 4.69) is 4.98 Å². The van der Waals surface area contributed by atoms with Crippen LogP contribution < -0.4 is 5.73 Å². The smallest absolute Gasteiger partial charge is 0.219 e. The van der Waals surface area contributed by atoms with E-state index >= 15 is 0 Å². The molecule has 1 aliphatic carbocycles. The van der Waals surface area contributed by atoms with E-state index in [-0.39, 0.29) is 11.3 Å². The molecule has 1 amide bonds. The van der Waals surface area contributed by atoms with Gasteiger partial charge in [0.1, 0.15) is 0 Å². The summed E-state index contributed by atoms with van der Waals surface area (Å²) in [7, 11) is 43.0. The molecule has 0 bridgehead atoms. The lowest BCUT2D eigenvalue weighted by molar-refractivity contribution is -0.121. The van der Waals surface area contributed by atoms with Gasteiger partial charge in [-0.3, -0.25) is 4.79 Å². The molecule has 1 heterocycles. The highest BCUT2D eigenvalue weighted by atomic mass is 35.5. The maximum Gasteiger partial charge on any atom is 0.219 e. The molecule has 24 heavy (non-hydrogen) atoms. The lowest BCUT2D eigenvalue weighted by Gasteiger charge is -2.66. The normalized spacial score (nSPS) is 26.7. The van der Waals surface area contributed by atoms with Gasteiger partial charge in [0.2, 0.25) is 5.91 Å². The number of nitrogens with two attached hydrogens (primary N) is 1. The molecule has 102 valence electrons. The van der Waals surface area contributed by atoms with Crippen LogP contribution in [0.25, 0.3) is 10.9 Å². The zero-order valence-electron chi connectivity index (χ0n) is 12.6. The van der Waals surface area contributed by atoms with E-state index in [0.717, 1.165) is 0 Å². The summed E-state index contributed by atoms with van der Waals surface area (Å²) in [6.45, 7) is 0. The number of rotatable bonds is 1. The Hall–Kier alpha value is -1.03. The number of benzene rings is 1. The van der Waals surface area contributed by atoms with Crippen LogP contribution in [-0.2, 0) is 15.3 Å². The molecule has 0 aliphatic heterocycles. The first-order chi connectivity index (χ1) is 10.8. The minimum atomic E-state index is -2.26. The number of hydrogen-bond donors (Lipinski definition) is 2. The molecule has 1 atom stereocenters. The third-order valence-electron chi connectivity index (χ3n) is 4.98. The van der Waals surface area contributed by atoms with E-state index in [9.17, 15) is 4.79 Å². The van der Waals surface area contributed by atoms with Gasteiger partial charge < -0.3 is 10.7 Å². The van der Waals surface area contributed by atoms with Crippen LogP contribution in [0.5, 0.6) is 0 Å². The van der Waals surface area contributed by atoms with Gasteiger partial charge in [0.25, 0.3) is 0 Å². The predicted molar refractivity (Wildman–Crippen MR) is 102 cm³/mol. The summed E-state index contributed by atoms with van der Waals surface area (Å²) < 4.78 is 0. The monoisotopic (exact) mass is 318 g/mol. The Bertz CT molecular complexity index is 879. The standard InChI is InChI=1S/C13H6B7ClN2O/c14-10(9(22)24)8-7(5-3-4(21)1-2-6(5)23-8)11(15,16)13(19,20)12(10,17)18/h1-3,23H,(H2,22,24). The summed E-state index contributed by atoms with van der Waals surface area (Å²) in [5.41, 5.74) is 6.26. The van der Waals surface area contributed by atoms with Gasteiger partial charge in [-0.2, -0.15) is 0 Å². The van der Waals surface area contributed by atoms with Gasteiger partial charge in [0.15, 0.2) is 0 Å². The summed E-state index contributed by atoms with van der Waals surface area (Å²) in [6, 6.07) is 4.86. The van der Waals surface area contributed by atoms with E-state index in [0.29, 0.717) is 15.9 Å². The Morgan fingerprint density at radius 3 is 2.17 bits per heavy atom. The molecule has 1 aromatic carbocycles. The Balaban J connectivity index is 2.56. The Morgan fingerprint density at radius 1 is 1.04 bits per heavy atom. The van der Waals surface area contributed by atoms with Crippen LogP contribution in [0.1, 0.15) is 11.3 Å². The average molecular weight is 317 g/mol. The molecular formula is C13H6B7ClN2O. The zero-order chi connectivity index (χ0) is 18.3. The quantitative estimate of drug-likeness (QED) is 0.657. The highest BCUT2D eigenvalue weighted by molar-refractivity contribution is 6.65. The molecule has 1 unspecified atom stereocenters. The van der Waals surface area contributed by atoms with Crippen molar-refractivity contribution in [3.63, 3.8) is 0 Å². The number of primary amides is 1. The summed E-state index contributed by atoms with van der Waals surface area (Å²) in [4.78, 5) is 15.1. The van der Waals surface area contributed by atoms with Crippen molar-refractivity contribution in [1.82, 2.24) is 4.98 Å². The van der Waals surface area contributed by atoms with Crippen molar-refractivity contribution in [2.75, 3.05) is 0 Å². The number of carbonyl (C=O) groups is 1. The van der Waals surface area contributed by atoms with E-state index in [1.807, 2.05) is 0 Å². The van der Waals surface area contributed by atoms with Gasteiger partial charge in [-0.05, 0) is 23.8 Å². The Kier molecular flexibility index (Phi) is 3.54. The molecule has 1 aromatic heterocycles. The molecular weight excluding hydrogens is 311 g/mol. The molecule has 0 fully saturated rings. The highest BCUT2D eigenvalue weighted by Gasteiger charge is 2.62. The summed E-state index contributed by atoms with van der Waals surface area (Å²) in [5.74, 6) is -1.04. The second kappa shape index (κ2) is 4.78. The molecule has 2 aromatic rings. The molecule has 0 saturated carbocycles. The molecule has 0 saturated heterocycles. The third-order valence-corrected chi connectivity index (χ3v) is 5.21. The first kappa shape index (κ1) is 17.8. The summed E-state index contributed by atoms with van der Waals surface area (Å²) in [5, 5.41) is -7.65. The van der Waals surface area contributed by atoms with Crippen molar-refractivity contribution in [2.45, 2.75) is 21.0 Å². The Labute approximate surface area is 154 Å². The first-order valence-corrected chi connectivity index (χ1v) is 7.32. The maximum atomic E-state index is 12.2. The number of halogens is 1. The molecule has 3 nitrogen and oxygen atoms in total. The number of aromatic nitrogens is 1. The van der Waals surface area contributed by atoms with Gasteiger partial charge in [0, 0.05) is 26.9 Å². The minimum Gasteiger partial charge on any atom is -0.370 e. The second-order valence-corrected chi connectivity index (χ2v) is 6.78. The van der Waals surface area contributed by atoms with Crippen molar-refractivity contribution in [3.8, 4) is 0 Å². The zero-order valence-corrected chi connectivity index (χ0v) is 13.4. The molecule has 14 radical (unpaired) electrons. The number of H-pyrrole nitrogens is 1. The molecule has 11 heteroatoms. The summed E-state index contributed by atoms with van der Waals surface area (Å²) in [6.07, 6.45) is 0. The van der Waals surface area contributed by atoms with Gasteiger partial charge in [-0.15, -0.1) is 5.21 Å². The van der Waals surface area contributed by atoms with Gasteiger partial charge in [0.05, 0.1) is 54.9 Å². The lowest BCUT2D eigenvalue weighted by atomic mass is 9.09. The highest BCUT2D eigenvalue weighted by Crippen LogP contribution is 2.66. The van der Waals surface area contributed by atoms with Crippen LogP contribution in [0.15, 0.2) is 18.2 Å². The van der Waals surface area contributed by atoms with Crippen LogP contribution in [0, 0.1) is 0 Å². The number of aromatic amines is 1. The topological polar surface area (TPSA) is 58.9 Å². The van der Waals surface area contributed by atoms with Crippen molar-refractivity contribution in [3.05, 3.63) is 34.5 Å². The average Bonchev–Trinajstić information content (AvgIpc) is 2.83. The van der Waals surface area contributed by atoms with Gasteiger partial charge in [-0.25, -0.2) is 0 Å². The fraction of sp³-hybridized carbons (Fsp3) is 0.308. The third kappa shape index (κ3) is 1.76. The first-order valence-electron chi connectivity index (χ1n) is 6.94. The lowest BCUT2D eigenvalue weighted by Crippen LogP contribution is -2.66. The van der Waals surface area contributed by atoms with Gasteiger partial charge >= 0.3 is 0 Å². The predicted octanol–water partition coefficient (Wildman–Crippen LogP) is -0.920. The van der Waals surface area contributed by atoms with Crippen LogP contribution in [0.3, 0.4) is 0 Å². The van der Waals surface area contributed by atoms with Gasteiger partial charge in [-0.1, -0.05) is 22.0 Å².